The molecule has 0 atom stereocenters. The van der Waals surface area contributed by atoms with Crippen molar-refractivity contribution in [2.45, 2.75) is 63.5 Å². The van der Waals surface area contributed by atoms with Gasteiger partial charge in [0.2, 0.25) is 0 Å². The molecule has 1 aromatic carbocycles. The maximum absolute atomic E-state index is 13.4. The second kappa shape index (κ2) is 8.01. The third kappa shape index (κ3) is 3.51. The quantitative estimate of drug-likeness (QED) is 0.708. The van der Waals surface area contributed by atoms with E-state index < -0.39 is 0 Å². The number of amides is 1. The molecule has 2 fully saturated rings. The summed E-state index contributed by atoms with van der Waals surface area (Å²) in [6, 6.07) is 11.4. The molecular formula is C24H26N4O2. The van der Waals surface area contributed by atoms with Gasteiger partial charge in [0.1, 0.15) is 11.2 Å². The zero-order valence-electron chi connectivity index (χ0n) is 17.0. The van der Waals surface area contributed by atoms with Crippen LogP contribution in [0.1, 0.15) is 67.8 Å². The fourth-order valence-electron chi connectivity index (χ4n) is 4.85. The van der Waals surface area contributed by atoms with Crippen LogP contribution in [0.4, 0.5) is 0 Å². The van der Waals surface area contributed by atoms with Gasteiger partial charge in [-0.25, -0.2) is 9.97 Å². The van der Waals surface area contributed by atoms with Gasteiger partial charge in [-0.05, 0) is 49.9 Å². The molecule has 3 aromatic rings. The summed E-state index contributed by atoms with van der Waals surface area (Å²) in [7, 11) is 0. The molecule has 0 radical (unpaired) electrons. The minimum absolute atomic E-state index is 0.0486. The maximum atomic E-state index is 13.4. The van der Waals surface area contributed by atoms with Gasteiger partial charge in [-0.2, -0.15) is 0 Å². The molecule has 0 unspecified atom stereocenters. The molecular weight excluding hydrogens is 376 g/mol. The fourth-order valence-corrected chi connectivity index (χ4v) is 4.85. The molecule has 30 heavy (non-hydrogen) atoms. The van der Waals surface area contributed by atoms with E-state index in [1.165, 1.54) is 12.8 Å². The van der Waals surface area contributed by atoms with E-state index in [0.717, 1.165) is 49.6 Å². The average Bonchev–Trinajstić information content (AvgIpc) is 3.48. The van der Waals surface area contributed by atoms with Crippen molar-refractivity contribution in [3.05, 3.63) is 58.5 Å². The van der Waals surface area contributed by atoms with E-state index >= 15 is 0 Å². The van der Waals surface area contributed by atoms with Crippen molar-refractivity contribution >= 4 is 17.1 Å². The van der Waals surface area contributed by atoms with Gasteiger partial charge >= 0.3 is 0 Å². The molecule has 154 valence electrons. The summed E-state index contributed by atoms with van der Waals surface area (Å²) < 4.78 is 1.84. The summed E-state index contributed by atoms with van der Waals surface area (Å²) in [6.07, 6.45) is 10.4. The lowest BCUT2D eigenvalue weighted by Gasteiger charge is -2.17. The van der Waals surface area contributed by atoms with E-state index in [1.807, 2.05) is 28.8 Å². The maximum Gasteiger partial charge on any atom is 0.278 e. The number of nitrogens with zero attached hydrogens (tertiary/aromatic N) is 3. The van der Waals surface area contributed by atoms with Crippen LogP contribution in [-0.4, -0.2) is 26.5 Å². The van der Waals surface area contributed by atoms with Crippen LogP contribution in [0.2, 0.25) is 0 Å². The number of rotatable bonds is 4. The standard InChI is InChI=1S/C24H26N4O2/c29-23(26-18-6-1-2-7-18)17-13-11-16(12-14-17)21-24(30)28(19-8-3-4-9-19)22-20(27-21)10-5-15-25-22/h5,10-15,18-19H,1-4,6-9H2,(H,26,29). The molecule has 2 heterocycles. The first kappa shape index (κ1) is 19.0. The van der Waals surface area contributed by atoms with Crippen molar-refractivity contribution < 1.29 is 4.79 Å². The van der Waals surface area contributed by atoms with Gasteiger partial charge in [0.05, 0.1) is 0 Å². The smallest absolute Gasteiger partial charge is 0.278 e. The van der Waals surface area contributed by atoms with Crippen LogP contribution >= 0.6 is 0 Å². The third-order valence-corrected chi connectivity index (χ3v) is 6.45. The first-order valence-electron chi connectivity index (χ1n) is 11.0. The van der Waals surface area contributed by atoms with E-state index in [0.29, 0.717) is 16.9 Å². The molecule has 1 amide bonds. The molecule has 0 spiro atoms. The fraction of sp³-hybridized carbons (Fsp3) is 0.417. The molecule has 0 bridgehead atoms. The zero-order valence-corrected chi connectivity index (χ0v) is 17.0. The minimum atomic E-state index is -0.101. The molecule has 2 aliphatic carbocycles. The summed E-state index contributed by atoms with van der Waals surface area (Å²) in [5.41, 5.74) is 3.05. The van der Waals surface area contributed by atoms with Gasteiger partial charge in [-0.15, -0.1) is 0 Å². The molecule has 6 heteroatoms. The first-order chi connectivity index (χ1) is 14.7. The Hall–Kier alpha value is -3.02. The van der Waals surface area contributed by atoms with Crippen LogP contribution in [0.3, 0.4) is 0 Å². The van der Waals surface area contributed by atoms with E-state index in [2.05, 4.69) is 15.3 Å². The number of hydrogen-bond donors (Lipinski definition) is 1. The van der Waals surface area contributed by atoms with Crippen LogP contribution in [0, 0.1) is 0 Å². The lowest BCUT2D eigenvalue weighted by Crippen LogP contribution is -2.32. The molecule has 2 aromatic heterocycles. The lowest BCUT2D eigenvalue weighted by molar-refractivity contribution is 0.0938. The number of fused-ring (bicyclic) bond motifs is 1. The van der Waals surface area contributed by atoms with Gasteiger partial charge in [-0.3, -0.25) is 14.2 Å². The first-order valence-corrected chi connectivity index (χ1v) is 11.0. The second-order valence-electron chi connectivity index (χ2n) is 8.45. The highest BCUT2D eigenvalue weighted by Gasteiger charge is 2.23. The molecule has 2 aliphatic rings. The number of carbonyl (C=O) groups excluding carboxylic acids is 1. The largest absolute Gasteiger partial charge is 0.349 e. The van der Waals surface area contributed by atoms with Gasteiger partial charge in [0, 0.05) is 29.4 Å². The molecule has 0 aliphatic heterocycles. The van der Waals surface area contributed by atoms with Crippen LogP contribution in [0.5, 0.6) is 0 Å². The highest BCUT2D eigenvalue weighted by atomic mass is 16.1. The molecule has 2 saturated carbocycles. The van der Waals surface area contributed by atoms with Gasteiger partial charge in [0.25, 0.3) is 11.5 Å². The van der Waals surface area contributed by atoms with Gasteiger partial charge in [0.15, 0.2) is 5.65 Å². The third-order valence-electron chi connectivity index (χ3n) is 6.45. The number of hydrogen-bond acceptors (Lipinski definition) is 4. The summed E-state index contributed by atoms with van der Waals surface area (Å²) in [4.78, 5) is 35.0. The van der Waals surface area contributed by atoms with Crippen LogP contribution in [0.25, 0.3) is 22.4 Å². The van der Waals surface area contributed by atoms with Gasteiger partial charge in [-0.1, -0.05) is 37.8 Å². The topological polar surface area (TPSA) is 76.9 Å². The number of pyridine rings is 1. The van der Waals surface area contributed by atoms with Crippen molar-refractivity contribution in [2.24, 2.45) is 0 Å². The van der Waals surface area contributed by atoms with E-state index in [1.54, 1.807) is 18.3 Å². The highest BCUT2D eigenvalue weighted by Crippen LogP contribution is 2.31. The Labute approximate surface area is 175 Å². The number of benzene rings is 1. The second-order valence-corrected chi connectivity index (χ2v) is 8.45. The Morgan fingerprint density at radius 2 is 1.67 bits per heavy atom. The zero-order chi connectivity index (χ0) is 20.5. The average molecular weight is 402 g/mol. The Morgan fingerprint density at radius 3 is 2.40 bits per heavy atom. The normalized spacial score (nSPS) is 17.6. The van der Waals surface area contributed by atoms with Crippen molar-refractivity contribution in [1.29, 1.82) is 0 Å². The summed E-state index contributed by atoms with van der Waals surface area (Å²) in [5.74, 6) is -0.0486. The number of aromatic nitrogens is 3. The number of carbonyl (C=O) groups is 1. The summed E-state index contributed by atoms with van der Waals surface area (Å²) >= 11 is 0. The SMILES string of the molecule is O=C(NC1CCCC1)c1ccc(-c2nc3cccnc3n(C3CCCC3)c2=O)cc1. The van der Waals surface area contributed by atoms with E-state index in [4.69, 9.17) is 0 Å². The Kier molecular flexibility index (Phi) is 5.07. The minimum Gasteiger partial charge on any atom is -0.349 e. The van der Waals surface area contributed by atoms with Crippen molar-refractivity contribution in [3.63, 3.8) is 0 Å². The monoisotopic (exact) mass is 402 g/mol. The van der Waals surface area contributed by atoms with Crippen molar-refractivity contribution in [2.75, 3.05) is 0 Å². The Bertz CT molecular complexity index is 1120. The number of nitrogens with one attached hydrogen (secondary N) is 1. The van der Waals surface area contributed by atoms with E-state index in [-0.39, 0.29) is 23.6 Å². The lowest BCUT2D eigenvalue weighted by atomic mass is 10.1. The van der Waals surface area contributed by atoms with Crippen molar-refractivity contribution in [3.8, 4) is 11.3 Å². The molecule has 5 rings (SSSR count). The van der Waals surface area contributed by atoms with E-state index in [9.17, 15) is 9.59 Å². The molecule has 0 saturated heterocycles. The predicted octanol–water partition coefficient (Wildman–Crippen LogP) is 4.25. The van der Waals surface area contributed by atoms with Crippen LogP contribution < -0.4 is 10.9 Å². The van der Waals surface area contributed by atoms with Gasteiger partial charge < -0.3 is 5.32 Å². The highest BCUT2D eigenvalue weighted by molar-refractivity contribution is 5.94. The van der Waals surface area contributed by atoms with Crippen LogP contribution in [-0.2, 0) is 0 Å². The Balaban J connectivity index is 1.50. The predicted molar refractivity (Wildman–Crippen MR) is 116 cm³/mol. The van der Waals surface area contributed by atoms with Crippen LogP contribution in [0.15, 0.2) is 47.4 Å². The summed E-state index contributed by atoms with van der Waals surface area (Å²) in [5, 5.41) is 3.11. The molecule has 1 N–H and O–H groups in total. The molecule has 6 nitrogen and oxygen atoms in total. The summed E-state index contributed by atoms with van der Waals surface area (Å²) in [6.45, 7) is 0. The Morgan fingerprint density at radius 1 is 0.967 bits per heavy atom. The van der Waals surface area contributed by atoms with Crippen molar-refractivity contribution in [1.82, 2.24) is 19.9 Å².